The summed E-state index contributed by atoms with van der Waals surface area (Å²) in [5.74, 6) is 4.14. The Labute approximate surface area is 191 Å². The van der Waals surface area contributed by atoms with E-state index in [0.717, 1.165) is 36.5 Å². The van der Waals surface area contributed by atoms with Gasteiger partial charge in [-0.05, 0) is 129 Å². The highest BCUT2D eigenvalue weighted by atomic mass is 16.3. The molecule has 31 heavy (non-hydrogen) atoms. The van der Waals surface area contributed by atoms with Crippen LogP contribution >= 0.6 is 0 Å². The molecule has 5 saturated carbocycles. The number of fused-ring (bicyclic) bond motifs is 2. The van der Waals surface area contributed by atoms with E-state index < -0.39 is 5.60 Å². The predicted octanol–water partition coefficient (Wildman–Crippen LogP) is 6.75. The maximum atomic E-state index is 10.8. The predicted molar refractivity (Wildman–Crippen MR) is 127 cm³/mol. The van der Waals surface area contributed by atoms with Crippen LogP contribution in [0, 0.1) is 51.2 Å². The molecule has 5 aliphatic carbocycles. The third kappa shape index (κ3) is 3.02. The van der Waals surface area contributed by atoms with Gasteiger partial charge in [-0.25, -0.2) is 0 Å². The van der Waals surface area contributed by atoms with E-state index in [2.05, 4.69) is 33.8 Å². The minimum atomic E-state index is -0.695. The van der Waals surface area contributed by atoms with Crippen molar-refractivity contribution in [3.63, 3.8) is 0 Å². The van der Waals surface area contributed by atoms with Crippen LogP contribution in [0.4, 0.5) is 0 Å². The van der Waals surface area contributed by atoms with E-state index in [-0.39, 0.29) is 11.5 Å². The van der Waals surface area contributed by atoms with Gasteiger partial charge in [0.15, 0.2) is 0 Å². The summed E-state index contributed by atoms with van der Waals surface area (Å²) in [7, 11) is 0. The summed E-state index contributed by atoms with van der Waals surface area (Å²) < 4.78 is 0. The van der Waals surface area contributed by atoms with Gasteiger partial charge < -0.3 is 10.2 Å². The second kappa shape index (κ2) is 6.84. The normalized spacial score (nSPS) is 51.5. The topological polar surface area (TPSA) is 40.5 Å². The Hall–Kier alpha value is -0.340. The van der Waals surface area contributed by atoms with Crippen molar-refractivity contribution >= 4 is 0 Å². The molecule has 5 aliphatic rings. The summed E-state index contributed by atoms with van der Waals surface area (Å²) in [6, 6.07) is 0. The molecule has 2 spiro atoms. The van der Waals surface area contributed by atoms with Gasteiger partial charge in [-0.2, -0.15) is 0 Å². The van der Waals surface area contributed by atoms with E-state index in [9.17, 15) is 10.2 Å². The molecule has 2 nitrogen and oxygen atoms in total. The van der Waals surface area contributed by atoms with Crippen LogP contribution in [-0.2, 0) is 0 Å². The molecular weight excluding hydrogens is 380 g/mol. The molecule has 0 amide bonds. The van der Waals surface area contributed by atoms with Crippen LogP contribution in [0.1, 0.15) is 106 Å². The Bertz CT molecular complexity index is 746. The van der Waals surface area contributed by atoms with E-state index in [4.69, 9.17) is 0 Å². The van der Waals surface area contributed by atoms with Gasteiger partial charge in [-0.3, -0.25) is 0 Å². The molecule has 5 fully saturated rings. The van der Waals surface area contributed by atoms with E-state index in [1.807, 2.05) is 19.9 Å². The molecule has 0 aromatic heterocycles. The zero-order valence-electron chi connectivity index (χ0n) is 21.1. The number of aliphatic hydroxyl groups is 2. The van der Waals surface area contributed by atoms with E-state index in [1.165, 1.54) is 51.4 Å². The first-order chi connectivity index (χ1) is 14.4. The molecule has 2 heteroatoms. The van der Waals surface area contributed by atoms with E-state index in [1.54, 1.807) is 0 Å². The van der Waals surface area contributed by atoms with Crippen molar-refractivity contribution in [2.75, 3.05) is 0 Å². The Morgan fingerprint density at radius 3 is 2.35 bits per heavy atom. The minimum absolute atomic E-state index is 0.0974. The molecule has 0 unspecified atom stereocenters. The number of hydrogen-bond acceptors (Lipinski definition) is 2. The second-order valence-corrected chi connectivity index (χ2v) is 14.2. The van der Waals surface area contributed by atoms with Crippen molar-refractivity contribution in [1.82, 2.24) is 0 Å². The fourth-order valence-corrected chi connectivity index (χ4v) is 10.6. The third-order valence-corrected chi connectivity index (χ3v) is 12.1. The number of hydrogen-bond donors (Lipinski definition) is 2. The molecule has 0 aliphatic heterocycles. The highest BCUT2D eigenvalue weighted by Crippen LogP contribution is 2.87. The van der Waals surface area contributed by atoms with Gasteiger partial charge in [0.05, 0.1) is 11.7 Å². The van der Waals surface area contributed by atoms with Crippen LogP contribution in [0.3, 0.4) is 0 Å². The zero-order chi connectivity index (χ0) is 22.4. The van der Waals surface area contributed by atoms with Gasteiger partial charge in [0.2, 0.25) is 0 Å². The summed E-state index contributed by atoms with van der Waals surface area (Å²) in [6.45, 7) is 13.6. The molecule has 5 rings (SSSR count). The molecule has 2 N–H and O–H groups in total. The lowest BCUT2D eigenvalue weighted by molar-refractivity contribution is -0.133. The maximum absolute atomic E-state index is 10.8. The van der Waals surface area contributed by atoms with Gasteiger partial charge in [0, 0.05) is 0 Å². The molecule has 176 valence electrons. The fraction of sp³-hybridized carbons (Fsp3) is 0.931. The Balaban J connectivity index is 1.35. The Morgan fingerprint density at radius 1 is 0.935 bits per heavy atom. The molecule has 0 aromatic rings. The van der Waals surface area contributed by atoms with Crippen molar-refractivity contribution in [3.05, 3.63) is 12.2 Å². The van der Waals surface area contributed by atoms with Gasteiger partial charge in [0.25, 0.3) is 0 Å². The molecule has 0 bridgehead atoms. The standard InChI is InChI=1S/C29H48O2/c1-19(8-7-14-25(2,3)31)20-9-10-21-22-11-12-23-26(4,5)24(30)13-15-29(23)18-28(22,29)17-16-27(20,21)6/h7,14,19-24,30-31H,8-13,15-18H2,1-6H3/t19-,20-,21+,22+,23+,24+,27-,28+,29-/m1/s1. The Kier molecular flexibility index (Phi) is 4.96. The highest BCUT2D eigenvalue weighted by Gasteiger charge is 2.80. The molecule has 0 heterocycles. The van der Waals surface area contributed by atoms with Gasteiger partial charge >= 0.3 is 0 Å². The van der Waals surface area contributed by atoms with Crippen molar-refractivity contribution in [3.8, 4) is 0 Å². The summed E-state index contributed by atoms with van der Waals surface area (Å²) in [6.07, 6.45) is 17.6. The van der Waals surface area contributed by atoms with Crippen molar-refractivity contribution in [2.45, 2.75) is 117 Å². The molecule has 0 saturated heterocycles. The van der Waals surface area contributed by atoms with E-state index in [0.29, 0.717) is 22.2 Å². The highest BCUT2D eigenvalue weighted by molar-refractivity contribution is 5.28. The number of aliphatic hydroxyl groups excluding tert-OH is 1. The average molecular weight is 429 g/mol. The van der Waals surface area contributed by atoms with E-state index >= 15 is 0 Å². The SMILES string of the molecule is C[C@H](CC=CC(C)(C)O)[C@H]1CC[C@H]2[C@@H]3CC[C@H]4C(C)(C)[C@@H](O)CC[C@@]45C[C@@]35CC[C@]12C. The van der Waals surface area contributed by atoms with Crippen LogP contribution in [-0.4, -0.2) is 21.9 Å². The molecular formula is C29H48O2. The first-order valence-electron chi connectivity index (χ1n) is 13.5. The van der Waals surface area contributed by atoms with Crippen LogP contribution < -0.4 is 0 Å². The first kappa shape index (κ1) is 22.5. The number of rotatable bonds is 4. The zero-order valence-corrected chi connectivity index (χ0v) is 21.1. The van der Waals surface area contributed by atoms with Crippen molar-refractivity contribution in [2.24, 2.45) is 51.2 Å². The van der Waals surface area contributed by atoms with Gasteiger partial charge in [-0.15, -0.1) is 0 Å². The minimum Gasteiger partial charge on any atom is -0.393 e. The molecule has 9 atom stereocenters. The van der Waals surface area contributed by atoms with Crippen molar-refractivity contribution in [1.29, 1.82) is 0 Å². The fourth-order valence-electron chi connectivity index (χ4n) is 10.6. The lowest BCUT2D eigenvalue weighted by atomic mass is 9.46. The van der Waals surface area contributed by atoms with Gasteiger partial charge in [0.1, 0.15) is 0 Å². The van der Waals surface area contributed by atoms with Crippen LogP contribution in [0.5, 0.6) is 0 Å². The summed E-state index contributed by atoms with van der Waals surface area (Å²) in [4.78, 5) is 0. The van der Waals surface area contributed by atoms with Crippen molar-refractivity contribution < 1.29 is 10.2 Å². The maximum Gasteiger partial charge on any atom is 0.0771 e. The van der Waals surface area contributed by atoms with Crippen LogP contribution in [0.25, 0.3) is 0 Å². The first-order valence-corrected chi connectivity index (χ1v) is 13.5. The largest absolute Gasteiger partial charge is 0.393 e. The second-order valence-electron chi connectivity index (χ2n) is 14.2. The summed E-state index contributed by atoms with van der Waals surface area (Å²) in [5.41, 5.74) is 1.11. The summed E-state index contributed by atoms with van der Waals surface area (Å²) in [5, 5.41) is 20.8. The van der Waals surface area contributed by atoms with Crippen LogP contribution in [0.2, 0.25) is 0 Å². The average Bonchev–Trinajstić information content (AvgIpc) is 3.21. The van der Waals surface area contributed by atoms with Crippen LogP contribution in [0.15, 0.2) is 12.2 Å². The molecule has 0 aromatic carbocycles. The summed E-state index contributed by atoms with van der Waals surface area (Å²) >= 11 is 0. The third-order valence-electron chi connectivity index (χ3n) is 12.1. The lowest BCUT2D eigenvalue weighted by Crippen LogP contribution is -2.54. The number of allylic oxidation sites excluding steroid dienone is 1. The lowest BCUT2D eigenvalue weighted by Gasteiger charge is -2.59. The molecule has 0 radical (unpaired) electrons. The monoisotopic (exact) mass is 428 g/mol. The quantitative estimate of drug-likeness (QED) is 0.486. The van der Waals surface area contributed by atoms with Gasteiger partial charge in [-0.1, -0.05) is 39.8 Å². The Morgan fingerprint density at radius 2 is 1.65 bits per heavy atom. The smallest absolute Gasteiger partial charge is 0.0771 e.